The molecule has 0 aromatic heterocycles. The van der Waals surface area contributed by atoms with Crippen LogP contribution in [0.1, 0.15) is 38.7 Å². The second-order valence-electron chi connectivity index (χ2n) is 7.34. The SMILES string of the molecule is CCCN1CCC(NC(=NCc2ccc(OCC(F)(F)F)c(OC)c2)NCC)CC1.I. The smallest absolute Gasteiger partial charge is 0.422 e. The number of methoxy groups -OCH3 is 1. The van der Waals surface area contributed by atoms with E-state index < -0.39 is 12.8 Å². The number of nitrogens with zero attached hydrogens (tertiary/aromatic N) is 2. The number of alkyl halides is 3. The fourth-order valence-electron chi connectivity index (χ4n) is 3.39. The molecule has 2 rings (SSSR count). The first kappa shape index (κ1) is 27.6. The van der Waals surface area contributed by atoms with Gasteiger partial charge in [-0.25, -0.2) is 4.99 Å². The summed E-state index contributed by atoms with van der Waals surface area (Å²) in [6.45, 7) is 7.29. The van der Waals surface area contributed by atoms with Crippen LogP contribution in [0.2, 0.25) is 0 Å². The molecule has 0 radical (unpaired) electrons. The standard InChI is InChI=1S/C21H33F3N4O2.HI/c1-4-10-28-11-8-17(9-12-28)27-20(25-5-2)26-14-16-6-7-18(19(13-16)29-3)30-15-21(22,23)24;/h6-7,13,17H,4-5,8-12,14-15H2,1-3H3,(H2,25,26,27);1H. The van der Waals surface area contributed by atoms with Crippen molar-refractivity contribution in [2.75, 3.05) is 39.9 Å². The highest BCUT2D eigenvalue weighted by Crippen LogP contribution is 2.30. The first-order valence-corrected chi connectivity index (χ1v) is 10.5. The van der Waals surface area contributed by atoms with Crippen LogP contribution in [0.15, 0.2) is 23.2 Å². The summed E-state index contributed by atoms with van der Waals surface area (Å²) in [7, 11) is 1.40. The minimum absolute atomic E-state index is 0. The molecule has 0 bridgehead atoms. The number of ether oxygens (including phenoxy) is 2. The second kappa shape index (κ2) is 13.9. The number of aliphatic imine (C=N–C) groups is 1. The summed E-state index contributed by atoms with van der Waals surface area (Å²) in [5.41, 5.74) is 0.821. The van der Waals surface area contributed by atoms with Crippen molar-refractivity contribution < 1.29 is 22.6 Å². The van der Waals surface area contributed by atoms with Gasteiger partial charge in [0.1, 0.15) is 0 Å². The lowest BCUT2D eigenvalue weighted by Gasteiger charge is -2.32. The van der Waals surface area contributed by atoms with Gasteiger partial charge in [0.05, 0.1) is 13.7 Å². The van der Waals surface area contributed by atoms with Crippen molar-refractivity contribution in [3.8, 4) is 11.5 Å². The average molecular weight is 558 g/mol. The maximum Gasteiger partial charge on any atom is 0.422 e. The molecule has 1 aliphatic heterocycles. The molecule has 178 valence electrons. The van der Waals surface area contributed by atoms with Gasteiger partial charge in [-0.1, -0.05) is 13.0 Å². The van der Waals surface area contributed by atoms with Crippen LogP contribution >= 0.6 is 24.0 Å². The van der Waals surface area contributed by atoms with Crippen molar-refractivity contribution in [3.05, 3.63) is 23.8 Å². The number of nitrogens with one attached hydrogen (secondary N) is 2. The van der Waals surface area contributed by atoms with E-state index in [1.165, 1.54) is 19.6 Å². The van der Waals surface area contributed by atoms with Crippen LogP contribution in [-0.2, 0) is 6.54 Å². The van der Waals surface area contributed by atoms with Gasteiger partial charge in [-0.3, -0.25) is 0 Å². The summed E-state index contributed by atoms with van der Waals surface area (Å²) in [4.78, 5) is 7.11. The Hall–Kier alpha value is -1.43. The van der Waals surface area contributed by atoms with Crippen LogP contribution in [0.25, 0.3) is 0 Å². The third kappa shape index (κ3) is 10.2. The Balaban J connectivity index is 0.00000480. The molecule has 1 aromatic rings. The van der Waals surface area contributed by atoms with Gasteiger partial charge in [-0.05, 0) is 50.4 Å². The molecule has 1 saturated heterocycles. The molecule has 1 fully saturated rings. The fraction of sp³-hybridized carbons (Fsp3) is 0.667. The second-order valence-corrected chi connectivity index (χ2v) is 7.34. The highest BCUT2D eigenvalue weighted by atomic mass is 127. The first-order chi connectivity index (χ1) is 14.3. The predicted molar refractivity (Wildman–Crippen MR) is 128 cm³/mol. The van der Waals surface area contributed by atoms with Crippen LogP contribution in [0.3, 0.4) is 0 Å². The third-order valence-electron chi connectivity index (χ3n) is 4.85. The molecular formula is C21H34F3IN4O2. The molecule has 2 N–H and O–H groups in total. The van der Waals surface area contributed by atoms with E-state index in [9.17, 15) is 13.2 Å². The van der Waals surface area contributed by atoms with Crippen molar-refractivity contribution in [1.29, 1.82) is 0 Å². The molecule has 0 saturated carbocycles. The van der Waals surface area contributed by atoms with Crippen molar-refractivity contribution in [1.82, 2.24) is 15.5 Å². The molecule has 0 aliphatic carbocycles. The number of likely N-dealkylation sites (tertiary alicyclic amines) is 1. The van der Waals surface area contributed by atoms with E-state index in [4.69, 9.17) is 9.47 Å². The molecule has 6 nitrogen and oxygen atoms in total. The summed E-state index contributed by atoms with van der Waals surface area (Å²) in [6, 6.07) is 5.22. The quantitative estimate of drug-likeness (QED) is 0.271. The van der Waals surface area contributed by atoms with E-state index in [1.54, 1.807) is 12.1 Å². The van der Waals surface area contributed by atoms with Gasteiger partial charge in [0, 0.05) is 25.7 Å². The molecule has 1 heterocycles. The largest absolute Gasteiger partial charge is 0.493 e. The van der Waals surface area contributed by atoms with Crippen LogP contribution in [-0.4, -0.2) is 63.0 Å². The Bertz CT molecular complexity index is 681. The van der Waals surface area contributed by atoms with E-state index in [2.05, 4.69) is 27.4 Å². The van der Waals surface area contributed by atoms with E-state index >= 15 is 0 Å². The Morgan fingerprint density at radius 2 is 1.90 bits per heavy atom. The van der Waals surface area contributed by atoms with Crippen LogP contribution < -0.4 is 20.1 Å². The maximum atomic E-state index is 12.4. The number of guanidine groups is 1. The van der Waals surface area contributed by atoms with Gasteiger partial charge >= 0.3 is 6.18 Å². The monoisotopic (exact) mass is 558 g/mol. The summed E-state index contributed by atoms with van der Waals surface area (Å²) in [5.74, 6) is 1.06. The van der Waals surface area contributed by atoms with Crippen molar-refractivity contribution in [3.63, 3.8) is 0 Å². The molecule has 0 atom stereocenters. The molecule has 0 amide bonds. The molecule has 31 heavy (non-hydrogen) atoms. The van der Waals surface area contributed by atoms with Crippen molar-refractivity contribution in [2.24, 2.45) is 4.99 Å². The van der Waals surface area contributed by atoms with E-state index in [1.807, 2.05) is 6.92 Å². The van der Waals surface area contributed by atoms with Crippen LogP contribution in [0, 0.1) is 0 Å². The molecule has 10 heteroatoms. The zero-order chi connectivity index (χ0) is 22.0. The average Bonchev–Trinajstić information content (AvgIpc) is 2.72. The lowest BCUT2D eigenvalue weighted by atomic mass is 10.1. The van der Waals surface area contributed by atoms with Crippen LogP contribution in [0.5, 0.6) is 11.5 Å². The van der Waals surface area contributed by atoms with E-state index in [-0.39, 0.29) is 35.5 Å². The van der Waals surface area contributed by atoms with Crippen molar-refractivity contribution in [2.45, 2.75) is 51.9 Å². The molecule has 0 unspecified atom stereocenters. The van der Waals surface area contributed by atoms with Gasteiger partial charge in [0.25, 0.3) is 0 Å². The Kier molecular flexibility index (Phi) is 12.3. The lowest BCUT2D eigenvalue weighted by Crippen LogP contribution is -2.48. The topological polar surface area (TPSA) is 58.1 Å². The minimum atomic E-state index is -4.40. The van der Waals surface area contributed by atoms with E-state index in [0.717, 1.165) is 50.5 Å². The zero-order valence-electron chi connectivity index (χ0n) is 18.4. The number of rotatable bonds is 9. The van der Waals surface area contributed by atoms with Gasteiger partial charge in [-0.15, -0.1) is 24.0 Å². The van der Waals surface area contributed by atoms with E-state index in [0.29, 0.717) is 12.6 Å². The van der Waals surface area contributed by atoms with Gasteiger partial charge in [-0.2, -0.15) is 13.2 Å². The normalized spacial score (nSPS) is 15.9. The summed E-state index contributed by atoms with van der Waals surface area (Å²) in [5, 5.41) is 6.76. The Morgan fingerprint density at radius 3 is 2.48 bits per heavy atom. The highest BCUT2D eigenvalue weighted by Gasteiger charge is 2.29. The maximum absolute atomic E-state index is 12.4. The Labute approximate surface area is 200 Å². The number of hydrogen-bond donors (Lipinski definition) is 2. The van der Waals surface area contributed by atoms with Gasteiger partial charge < -0.3 is 25.0 Å². The molecule has 0 spiro atoms. The minimum Gasteiger partial charge on any atom is -0.493 e. The fourth-order valence-corrected chi connectivity index (χ4v) is 3.39. The van der Waals surface area contributed by atoms with Crippen LogP contribution in [0.4, 0.5) is 13.2 Å². The highest BCUT2D eigenvalue weighted by molar-refractivity contribution is 14.0. The zero-order valence-corrected chi connectivity index (χ0v) is 20.8. The Morgan fingerprint density at radius 1 is 1.19 bits per heavy atom. The lowest BCUT2D eigenvalue weighted by molar-refractivity contribution is -0.153. The summed E-state index contributed by atoms with van der Waals surface area (Å²) in [6.07, 6.45) is -1.08. The van der Waals surface area contributed by atoms with Crippen molar-refractivity contribution >= 4 is 29.9 Å². The third-order valence-corrected chi connectivity index (χ3v) is 4.85. The molecule has 1 aliphatic rings. The van der Waals surface area contributed by atoms with Gasteiger partial charge in [0.2, 0.25) is 0 Å². The summed E-state index contributed by atoms with van der Waals surface area (Å²) < 4.78 is 47.2. The number of halogens is 4. The summed E-state index contributed by atoms with van der Waals surface area (Å²) >= 11 is 0. The van der Waals surface area contributed by atoms with Gasteiger partial charge in [0.15, 0.2) is 24.1 Å². The molecule has 1 aromatic carbocycles. The predicted octanol–water partition coefficient (Wildman–Crippen LogP) is 4.18. The number of piperidine rings is 1. The first-order valence-electron chi connectivity index (χ1n) is 10.5. The number of benzene rings is 1. The number of hydrogen-bond acceptors (Lipinski definition) is 4. The molecular weight excluding hydrogens is 524 g/mol.